The summed E-state index contributed by atoms with van der Waals surface area (Å²) in [5.74, 6) is -0.393. The molecule has 0 radical (unpaired) electrons. The van der Waals surface area contributed by atoms with Gasteiger partial charge in [-0.2, -0.15) is 0 Å². The Hall–Kier alpha value is -1.86. The first-order valence-electron chi connectivity index (χ1n) is 5.17. The van der Waals surface area contributed by atoms with Crippen molar-refractivity contribution in [3.8, 4) is 5.75 Å². The van der Waals surface area contributed by atoms with E-state index in [9.17, 15) is 9.59 Å². The Labute approximate surface area is 120 Å². The predicted octanol–water partition coefficient (Wildman–Crippen LogP) is 0.936. The Morgan fingerprint density at radius 2 is 2.05 bits per heavy atom. The van der Waals surface area contributed by atoms with Crippen molar-refractivity contribution in [1.82, 2.24) is 5.32 Å². The fourth-order valence-corrected chi connectivity index (χ4v) is 1.57. The van der Waals surface area contributed by atoms with Crippen molar-refractivity contribution in [2.75, 3.05) is 0 Å². The van der Waals surface area contributed by atoms with Crippen LogP contribution >= 0.6 is 23.8 Å². The second-order valence-corrected chi connectivity index (χ2v) is 4.47. The number of ether oxygens (including phenoxy) is 1. The summed E-state index contributed by atoms with van der Waals surface area (Å²) in [5, 5.41) is 2.16. The molecule has 102 valence electrons. The number of benzene rings is 1. The molecule has 1 rings (SSSR count). The summed E-state index contributed by atoms with van der Waals surface area (Å²) in [6, 6.07) is 3.72. The van der Waals surface area contributed by atoms with Crippen LogP contribution in [0.25, 0.3) is 0 Å². The van der Waals surface area contributed by atoms with E-state index < -0.39 is 18.0 Å². The number of rotatable bonds is 4. The lowest BCUT2D eigenvalue weighted by molar-refractivity contribution is -0.126. The van der Waals surface area contributed by atoms with E-state index in [1.54, 1.807) is 6.07 Å². The Bertz CT molecular complexity index is 536. The molecule has 0 aliphatic carbocycles. The van der Waals surface area contributed by atoms with Crippen LogP contribution in [-0.4, -0.2) is 23.0 Å². The van der Waals surface area contributed by atoms with Crippen LogP contribution in [0, 0.1) is 0 Å². The highest BCUT2D eigenvalue weighted by atomic mass is 35.5. The number of nitrogens with two attached hydrogens (primary N) is 2. The van der Waals surface area contributed by atoms with Gasteiger partial charge in [0.25, 0.3) is 5.91 Å². The van der Waals surface area contributed by atoms with E-state index in [-0.39, 0.29) is 15.8 Å². The number of halogens is 1. The van der Waals surface area contributed by atoms with Crippen molar-refractivity contribution in [1.29, 1.82) is 0 Å². The number of nitrogens with one attached hydrogen (secondary N) is 1. The Morgan fingerprint density at radius 3 is 2.53 bits per heavy atom. The Morgan fingerprint density at radius 1 is 1.42 bits per heavy atom. The van der Waals surface area contributed by atoms with Crippen LogP contribution in [0.3, 0.4) is 0 Å². The third-order valence-electron chi connectivity index (χ3n) is 2.14. The van der Waals surface area contributed by atoms with Crippen LogP contribution in [-0.2, 0) is 4.79 Å². The predicted molar refractivity (Wildman–Crippen MR) is 75.2 cm³/mol. The zero-order valence-corrected chi connectivity index (χ0v) is 11.5. The van der Waals surface area contributed by atoms with Crippen molar-refractivity contribution in [2.24, 2.45) is 11.5 Å². The van der Waals surface area contributed by atoms with Gasteiger partial charge in [0, 0.05) is 5.56 Å². The van der Waals surface area contributed by atoms with E-state index in [0.29, 0.717) is 5.56 Å². The molecule has 0 aromatic heterocycles. The maximum Gasteiger partial charge on any atom is 0.318 e. The van der Waals surface area contributed by atoms with Gasteiger partial charge in [-0.1, -0.05) is 23.8 Å². The number of hydrogen-bond donors (Lipinski definition) is 3. The van der Waals surface area contributed by atoms with Gasteiger partial charge < -0.3 is 16.2 Å². The standard InChI is InChI=1S/C11H12ClN3O3S/c1-5(10(16)15-11(14)17)18-8-3-2-6(9(13)19)4-7(8)12/h2-5H,1H3,(H2,13,19)(H3,14,15,16,17). The van der Waals surface area contributed by atoms with Crippen LogP contribution in [0.4, 0.5) is 4.79 Å². The topological polar surface area (TPSA) is 107 Å². The molecule has 1 unspecified atom stereocenters. The minimum atomic E-state index is -0.949. The lowest BCUT2D eigenvalue weighted by Gasteiger charge is -2.14. The maximum absolute atomic E-state index is 11.4. The summed E-state index contributed by atoms with van der Waals surface area (Å²) >= 11 is 10.8. The van der Waals surface area contributed by atoms with E-state index in [0.717, 1.165) is 0 Å². The molecule has 19 heavy (non-hydrogen) atoms. The van der Waals surface area contributed by atoms with Gasteiger partial charge in [0.1, 0.15) is 10.7 Å². The largest absolute Gasteiger partial charge is 0.479 e. The highest BCUT2D eigenvalue weighted by Crippen LogP contribution is 2.26. The van der Waals surface area contributed by atoms with Crippen LogP contribution in [0.2, 0.25) is 5.02 Å². The van der Waals surface area contributed by atoms with Crippen molar-refractivity contribution in [3.63, 3.8) is 0 Å². The minimum absolute atomic E-state index is 0.202. The van der Waals surface area contributed by atoms with Gasteiger partial charge in [0.15, 0.2) is 6.10 Å². The first-order valence-corrected chi connectivity index (χ1v) is 5.96. The summed E-state index contributed by atoms with van der Waals surface area (Å²) in [6.45, 7) is 1.45. The SMILES string of the molecule is CC(Oc1ccc(C(N)=S)cc1Cl)C(=O)NC(N)=O. The monoisotopic (exact) mass is 301 g/mol. The van der Waals surface area contributed by atoms with E-state index in [2.05, 4.69) is 0 Å². The van der Waals surface area contributed by atoms with E-state index in [1.165, 1.54) is 19.1 Å². The molecule has 0 saturated heterocycles. The van der Waals surface area contributed by atoms with Gasteiger partial charge in [-0.05, 0) is 25.1 Å². The molecule has 1 aromatic carbocycles. The van der Waals surface area contributed by atoms with E-state index in [1.807, 2.05) is 5.32 Å². The Balaban J connectivity index is 2.80. The summed E-state index contributed by atoms with van der Waals surface area (Å²) in [5.41, 5.74) is 10.9. The summed E-state index contributed by atoms with van der Waals surface area (Å²) in [7, 11) is 0. The van der Waals surface area contributed by atoms with E-state index in [4.69, 9.17) is 40.0 Å². The van der Waals surface area contributed by atoms with Gasteiger partial charge in [-0.25, -0.2) is 4.79 Å². The fourth-order valence-electron chi connectivity index (χ4n) is 1.22. The van der Waals surface area contributed by atoms with Gasteiger partial charge in [-0.3, -0.25) is 10.1 Å². The smallest absolute Gasteiger partial charge is 0.318 e. The normalized spacial score (nSPS) is 11.5. The number of thiocarbonyl (C=S) groups is 1. The molecule has 0 fully saturated rings. The van der Waals surface area contributed by atoms with Gasteiger partial charge in [-0.15, -0.1) is 0 Å². The molecule has 6 nitrogen and oxygen atoms in total. The first-order chi connectivity index (χ1) is 8.81. The second-order valence-electron chi connectivity index (χ2n) is 3.62. The number of carbonyl (C=O) groups excluding carboxylic acids is 2. The zero-order chi connectivity index (χ0) is 14.6. The first kappa shape index (κ1) is 15.2. The lowest BCUT2D eigenvalue weighted by atomic mass is 10.2. The third kappa shape index (κ3) is 4.38. The molecule has 5 N–H and O–H groups in total. The number of hydrogen-bond acceptors (Lipinski definition) is 4. The van der Waals surface area contributed by atoms with Gasteiger partial charge in [0.05, 0.1) is 5.02 Å². The lowest BCUT2D eigenvalue weighted by Crippen LogP contribution is -2.42. The average molecular weight is 302 g/mol. The molecule has 0 bridgehead atoms. The molecule has 0 aliphatic heterocycles. The molecule has 1 atom stereocenters. The molecule has 8 heteroatoms. The number of urea groups is 1. The van der Waals surface area contributed by atoms with Crippen LogP contribution < -0.4 is 21.5 Å². The number of carbonyl (C=O) groups is 2. The third-order valence-corrected chi connectivity index (χ3v) is 2.67. The Kier molecular flexibility index (Phi) is 5.08. The molecule has 0 aliphatic rings. The molecular formula is C11H12ClN3O3S. The molecule has 0 heterocycles. The number of primary amides is 1. The highest BCUT2D eigenvalue weighted by Gasteiger charge is 2.17. The number of amides is 3. The van der Waals surface area contributed by atoms with E-state index >= 15 is 0 Å². The van der Waals surface area contributed by atoms with Crippen molar-refractivity contribution >= 4 is 40.7 Å². The molecule has 1 aromatic rings. The molecular weight excluding hydrogens is 290 g/mol. The van der Waals surface area contributed by atoms with Crippen molar-refractivity contribution < 1.29 is 14.3 Å². The average Bonchev–Trinajstić information content (AvgIpc) is 2.30. The summed E-state index contributed by atoms with van der Waals surface area (Å²) in [4.78, 5) is 22.2. The molecule has 0 saturated carbocycles. The van der Waals surface area contributed by atoms with Crippen LogP contribution in [0.15, 0.2) is 18.2 Å². The van der Waals surface area contributed by atoms with Gasteiger partial charge >= 0.3 is 6.03 Å². The van der Waals surface area contributed by atoms with Crippen LogP contribution in [0.1, 0.15) is 12.5 Å². The van der Waals surface area contributed by atoms with Gasteiger partial charge in [0.2, 0.25) is 0 Å². The molecule has 0 spiro atoms. The molecule has 3 amide bonds. The second kappa shape index (κ2) is 6.35. The zero-order valence-electron chi connectivity index (χ0n) is 9.98. The maximum atomic E-state index is 11.4. The fraction of sp³-hybridized carbons (Fsp3) is 0.182. The number of imide groups is 1. The minimum Gasteiger partial charge on any atom is -0.479 e. The summed E-state index contributed by atoms with van der Waals surface area (Å²) < 4.78 is 5.31. The van der Waals surface area contributed by atoms with Crippen LogP contribution in [0.5, 0.6) is 5.75 Å². The van der Waals surface area contributed by atoms with Crippen molar-refractivity contribution in [3.05, 3.63) is 28.8 Å². The quantitative estimate of drug-likeness (QED) is 0.717. The van der Waals surface area contributed by atoms with Crippen molar-refractivity contribution in [2.45, 2.75) is 13.0 Å². The highest BCUT2D eigenvalue weighted by molar-refractivity contribution is 7.80. The summed E-state index contributed by atoms with van der Waals surface area (Å²) in [6.07, 6.45) is -0.930.